The third-order valence-electron chi connectivity index (χ3n) is 4.34. The van der Waals surface area contributed by atoms with Crippen molar-refractivity contribution in [2.24, 2.45) is 5.92 Å². The maximum atomic E-state index is 12.5. The van der Waals surface area contributed by atoms with Crippen molar-refractivity contribution >= 4 is 62.2 Å². The molecule has 0 saturated carbocycles. The van der Waals surface area contributed by atoms with Gasteiger partial charge in [0, 0.05) is 15.6 Å². The summed E-state index contributed by atoms with van der Waals surface area (Å²) < 4.78 is 6.55. The number of nitrogens with one attached hydrogen (secondary N) is 3. The average molecular weight is 476 g/mol. The Morgan fingerprint density at radius 1 is 1.06 bits per heavy atom. The number of thiophene rings is 1. The van der Waals surface area contributed by atoms with Crippen molar-refractivity contribution in [2.75, 3.05) is 6.61 Å². The molecule has 162 valence electrons. The molecule has 31 heavy (non-hydrogen) atoms. The van der Waals surface area contributed by atoms with Crippen LogP contribution in [0, 0.1) is 5.92 Å². The van der Waals surface area contributed by atoms with E-state index in [1.807, 2.05) is 24.3 Å². The number of hydrogen-bond donors (Lipinski definition) is 3. The SMILES string of the molecule is CC(C)CCOc1ccc(C(=O)NNC(=S)NC(=O)c2sc3ccccc3c2Cl)cc1. The largest absolute Gasteiger partial charge is 0.494 e. The predicted octanol–water partition coefficient (Wildman–Crippen LogP) is 4.93. The maximum Gasteiger partial charge on any atom is 0.269 e. The fourth-order valence-electron chi connectivity index (χ4n) is 2.65. The molecular formula is C22H22ClN3O3S2. The lowest BCUT2D eigenvalue weighted by molar-refractivity contribution is 0.0935. The molecule has 3 aromatic rings. The Morgan fingerprint density at radius 2 is 1.77 bits per heavy atom. The normalized spacial score (nSPS) is 10.7. The van der Waals surface area contributed by atoms with Gasteiger partial charge in [0.15, 0.2) is 5.11 Å². The number of ether oxygens (including phenoxy) is 1. The molecule has 3 N–H and O–H groups in total. The van der Waals surface area contributed by atoms with E-state index in [0.717, 1.165) is 16.5 Å². The van der Waals surface area contributed by atoms with Crippen LogP contribution < -0.4 is 20.9 Å². The molecule has 0 radical (unpaired) electrons. The lowest BCUT2D eigenvalue weighted by Crippen LogP contribution is -2.48. The Hall–Kier alpha value is -2.68. The van der Waals surface area contributed by atoms with E-state index in [0.29, 0.717) is 33.7 Å². The van der Waals surface area contributed by atoms with Crippen LogP contribution in [-0.2, 0) is 0 Å². The zero-order valence-electron chi connectivity index (χ0n) is 17.0. The van der Waals surface area contributed by atoms with Gasteiger partial charge in [0.05, 0.1) is 11.6 Å². The van der Waals surface area contributed by atoms with Gasteiger partial charge in [0.2, 0.25) is 0 Å². The summed E-state index contributed by atoms with van der Waals surface area (Å²) in [6.07, 6.45) is 0.960. The van der Waals surface area contributed by atoms with Gasteiger partial charge in [0.25, 0.3) is 11.8 Å². The third-order valence-corrected chi connectivity index (χ3v) is 6.22. The molecule has 0 aliphatic rings. The van der Waals surface area contributed by atoms with Crippen LogP contribution in [0.15, 0.2) is 48.5 Å². The van der Waals surface area contributed by atoms with Gasteiger partial charge in [-0.3, -0.25) is 25.8 Å². The molecule has 0 fully saturated rings. The van der Waals surface area contributed by atoms with Crippen molar-refractivity contribution in [3.8, 4) is 5.75 Å². The van der Waals surface area contributed by atoms with Crippen molar-refractivity contribution in [3.63, 3.8) is 0 Å². The third kappa shape index (κ3) is 6.16. The molecule has 1 aromatic heterocycles. The molecule has 0 aliphatic heterocycles. The van der Waals surface area contributed by atoms with Crippen LogP contribution in [0.4, 0.5) is 0 Å². The molecule has 6 nitrogen and oxygen atoms in total. The number of halogens is 1. The Labute approximate surface area is 194 Å². The van der Waals surface area contributed by atoms with Crippen LogP contribution in [0.2, 0.25) is 5.02 Å². The fourth-order valence-corrected chi connectivity index (χ4v) is 4.21. The number of carbonyl (C=O) groups excluding carboxylic acids is 2. The van der Waals surface area contributed by atoms with Gasteiger partial charge < -0.3 is 4.74 Å². The van der Waals surface area contributed by atoms with E-state index in [-0.39, 0.29) is 5.11 Å². The number of hydrogen-bond acceptors (Lipinski definition) is 5. The van der Waals surface area contributed by atoms with E-state index in [1.165, 1.54) is 11.3 Å². The van der Waals surface area contributed by atoms with Gasteiger partial charge in [-0.2, -0.15) is 0 Å². The molecule has 2 amide bonds. The summed E-state index contributed by atoms with van der Waals surface area (Å²) in [7, 11) is 0. The monoisotopic (exact) mass is 475 g/mol. The van der Waals surface area contributed by atoms with E-state index >= 15 is 0 Å². The summed E-state index contributed by atoms with van der Waals surface area (Å²) in [6, 6.07) is 14.2. The highest BCUT2D eigenvalue weighted by atomic mass is 35.5. The minimum absolute atomic E-state index is 0.0412. The van der Waals surface area contributed by atoms with Crippen LogP contribution in [0.1, 0.15) is 40.3 Å². The smallest absolute Gasteiger partial charge is 0.269 e. The number of rotatable bonds is 6. The molecule has 0 saturated heterocycles. The summed E-state index contributed by atoms with van der Waals surface area (Å²) in [6.45, 7) is 4.89. The highest BCUT2D eigenvalue weighted by Gasteiger charge is 2.18. The first kappa shape index (κ1) is 23.0. The first-order chi connectivity index (χ1) is 14.8. The molecule has 0 aliphatic carbocycles. The summed E-state index contributed by atoms with van der Waals surface area (Å²) >= 11 is 12.7. The van der Waals surface area contributed by atoms with E-state index in [1.54, 1.807) is 24.3 Å². The molecule has 9 heteroatoms. The van der Waals surface area contributed by atoms with Gasteiger partial charge in [-0.15, -0.1) is 11.3 Å². The van der Waals surface area contributed by atoms with Crippen LogP contribution >= 0.6 is 35.2 Å². The topological polar surface area (TPSA) is 79.5 Å². The molecule has 2 aromatic carbocycles. The van der Waals surface area contributed by atoms with Gasteiger partial charge in [-0.05, 0) is 54.9 Å². The van der Waals surface area contributed by atoms with E-state index in [4.69, 9.17) is 28.6 Å². The maximum absolute atomic E-state index is 12.5. The summed E-state index contributed by atoms with van der Waals surface area (Å²) in [5, 5.41) is 3.66. The lowest BCUT2D eigenvalue weighted by Gasteiger charge is -2.11. The molecule has 0 bridgehead atoms. The first-order valence-corrected chi connectivity index (χ1v) is 11.3. The Morgan fingerprint density at radius 3 is 2.45 bits per heavy atom. The zero-order chi connectivity index (χ0) is 22.4. The molecule has 0 unspecified atom stereocenters. The molecule has 3 rings (SSSR count). The zero-order valence-corrected chi connectivity index (χ0v) is 19.4. The Kier molecular flexibility index (Phi) is 7.84. The Bertz CT molecular complexity index is 1100. The van der Waals surface area contributed by atoms with Crippen molar-refractivity contribution in [1.29, 1.82) is 0 Å². The van der Waals surface area contributed by atoms with E-state index in [2.05, 4.69) is 30.0 Å². The van der Waals surface area contributed by atoms with Crippen molar-refractivity contribution in [3.05, 3.63) is 64.0 Å². The standard InChI is InChI=1S/C22H22ClN3O3S2/c1-13(2)11-12-29-15-9-7-14(8-10-15)20(27)25-26-22(30)24-21(28)19-18(23)16-5-3-4-6-17(16)31-19/h3-10,13H,11-12H2,1-2H3,(H,25,27)(H2,24,26,28,30). The van der Waals surface area contributed by atoms with Crippen molar-refractivity contribution in [1.82, 2.24) is 16.2 Å². The predicted molar refractivity (Wildman–Crippen MR) is 129 cm³/mol. The fraction of sp³-hybridized carbons (Fsp3) is 0.227. The van der Waals surface area contributed by atoms with E-state index < -0.39 is 11.8 Å². The van der Waals surface area contributed by atoms with Crippen molar-refractivity contribution in [2.45, 2.75) is 20.3 Å². The van der Waals surface area contributed by atoms with Gasteiger partial charge in [-0.25, -0.2) is 0 Å². The quantitative estimate of drug-likeness (QED) is 0.348. The van der Waals surface area contributed by atoms with Gasteiger partial charge >= 0.3 is 0 Å². The second-order valence-electron chi connectivity index (χ2n) is 7.16. The summed E-state index contributed by atoms with van der Waals surface area (Å²) in [4.78, 5) is 25.1. The van der Waals surface area contributed by atoms with Crippen LogP contribution in [0.25, 0.3) is 10.1 Å². The van der Waals surface area contributed by atoms with Crippen LogP contribution in [0.5, 0.6) is 5.75 Å². The van der Waals surface area contributed by atoms with E-state index in [9.17, 15) is 9.59 Å². The number of carbonyl (C=O) groups is 2. The first-order valence-electron chi connectivity index (χ1n) is 9.66. The van der Waals surface area contributed by atoms with Gasteiger partial charge in [0.1, 0.15) is 10.6 Å². The minimum atomic E-state index is -0.444. The van der Waals surface area contributed by atoms with Crippen LogP contribution in [-0.4, -0.2) is 23.5 Å². The number of thiocarbonyl (C=S) groups is 1. The molecule has 0 spiro atoms. The molecule has 0 atom stereocenters. The highest BCUT2D eigenvalue weighted by Crippen LogP contribution is 2.34. The molecule has 1 heterocycles. The highest BCUT2D eigenvalue weighted by molar-refractivity contribution is 7.80. The Balaban J connectivity index is 1.50. The van der Waals surface area contributed by atoms with Crippen molar-refractivity contribution < 1.29 is 14.3 Å². The van der Waals surface area contributed by atoms with Gasteiger partial charge in [-0.1, -0.05) is 43.6 Å². The van der Waals surface area contributed by atoms with Crippen LogP contribution in [0.3, 0.4) is 0 Å². The molecular weight excluding hydrogens is 454 g/mol. The lowest BCUT2D eigenvalue weighted by atomic mass is 10.1. The minimum Gasteiger partial charge on any atom is -0.494 e. The number of benzene rings is 2. The number of fused-ring (bicyclic) bond motifs is 1. The summed E-state index contributed by atoms with van der Waals surface area (Å²) in [5.74, 6) is 0.426. The second kappa shape index (κ2) is 10.6. The second-order valence-corrected chi connectivity index (χ2v) is 9.00. The number of hydrazine groups is 1. The average Bonchev–Trinajstić information content (AvgIpc) is 3.09. The summed E-state index contributed by atoms with van der Waals surface area (Å²) in [5.41, 5.74) is 5.41. The number of amides is 2.